The molecule has 1 fully saturated rings. The van der Waals surface area contributed by atoms with Crippen LogP contribution in [0, 0.1) is 5.92 Å². The number of piperidine rings is 1. The van der Waals surface area contributed by atoms with Crippen LogP contribution in [0.3, 0.4) is 0 Å². The van der Waals surface area contributed by atoms with Crippen molar-refractivity contribution in [3.05, 3.63) is 0 Å². The van der Waals surface area contributed by atoms with Gasteiger partial charge in [-0.15, -0.1) is 0 Å². The van der Waals surface area contributed by atoms with Gasteiger partial charge in [0.15, 0.2) is 0 Å². The summed E-state index contributed by atoms with van der Waals surface area (Å²) in [5.41, 5.74) is 5.82. The van der Waals surface area contributed by atoms with E-state index in [0.29, 0.717) is 13.0 Å². The maximum Gasteiger partial charge on any atom is 0.393 e. The van der Waals surface area contributed by atoms with E-state index < -0.39 is 24.2 Å². The van der Waals surface area contributed by atoms with Crippen LogP contribution in [0.4, 0.5) is 13.2 Å². The van der Waals surface area contributed by atoms with Crippen LogP contribution >= 0.6 is 0 Å². The molecular weight excluding hydrogens is 249 g/mol. The van der Waals surface area contributed by atoms with Crippen LogP contribution in [0.1, 0.15) is 12.8 Å². The highest BCUT2D eigenvalue weighted by Crippen LogP contribution is 2.33. The first-order chi connectivity index (χ1) is 8.40. The molecule has 1 heterocycles. The Morgan fingerprint density at radius 1 is 1.50 bits per heavy atom. The number of likely N-dealkylation sites (tertiary alicyclic amines) is 1. The number of ether oxygens (including phenoxy) is 1. The van der Waals surface area contributed by atoms with Crippen molar-refractivity contribution in [1.29, 1.82) is 0 Å². The molecule has 3 unspecified atom stereocenters. The van der Waals surface area contributed by atoms with E-state index in [1.54, 1.807) is 4.90 Å². The van der Waals surface area contributed by atoms with Crippen LogP contribution in [-0.4, -0.2) is 61.7 Å². The van der Waals surface area contributed by atoms with Crippen LogP contribution in [0.25, 0.3) is 0 Å². The summed E-state index contributed by atoms with van der Waals surface area (Å²) in [7, 11) is 1.48. The molecule has 3 N–H and O–H groups in total. The van der Waals surface area contributed by atoms with E-state index in [2.05, 4.69) is 0 Å². The Morgan fingerprint density at radius 2 is 2.17 bits per heavy atom. The lowest BCUT2D eigenvalue weighted by molar-refractivity contribution is -0.189. The van der Waals surface area contributed by atoms with Gasteiger partial charge in [-0.2, -0.15) is 13.2 Å². The number of hydrogen-bond acceptors (Lipinski definition) is 4. The molecule has 0 saturated carbocycles. The third-order valence-corrected chi connectivity index (χ3v) is 3.43. The number of rotatable bonds is 5. The molecular formula is C11H21F3N2O2. The SMILES string of the molecule is COCC(N)C(CO)N1CCCC(C(F)(F)F)C1. The van der Waals surface area contributed by atoms with Gasteiger partial charge < -0.3 is 15.6 Å². The summed E-state index contributed by atoms with van der Waals surface area (Å²) < 4.78 is 42.9. The molecule has 0 bridgehead atoms. The molecule has 7 heteroatoms. The Balaban J connectivity index is 2.63. The van der Waals surface area contributed by atoms with Crippen LogP contribution < -0.4 is 5.73 Å². The maximum absolute atomic E-state index is 12.7. The molecule has 0 aromatic carbocycles. The average molecular weight is 270 g/mol. The molecule has 0 aromatic rings. The zero-order valence-corrected chi connectivity index (χ0v) is 10.5. The predicted molar refractivity (Wildman–Crippen MR) is 61.1 cm³/mol. The largest absolute Gasteiger partial charge is 0.395 e. The van der Waals surface area contributed by atoms with Crippen LogP contribution in [-0.2, 0) is 4.74 Å². The van der Waals surface area contributed by atoms with Gasteiger partial charge in [0.25, 0.3) is 0 Å². The van der Waals surface area contributed by atoms with E-state index in [-0.39, 0.29) is 26.2 Å². The first-order valence-electron chi connectivity index (χ1n) is 6.06. The lowest BCUT2D eigenvalue weighted by Gasteiger charge is -2.40. The smallest absolute Gasteiger partial charge is 0.393 e. The second-order valence-electron chi connectivity index (χ2n) is 4.74. The second kappa shape index (κ2) is 6.70. The fourth-order valence-electron chi connectivity index (χ4n) is 2.40. The summed E-state index contributed by atoms with van der Waals surface area (Å²) in [5.74, 6) is -1.32. The van der Waals surface area contributed by atoms with E-state index in [1.807, 2.05) is 0 Å². The number of methoxy groups -OCH3 is 1. The zero-order valence-electron chi connectivity index (χ0n) is 10.5. The van der Waals surface area contributed by atoms with Crippen molar-refractivity contribution in [2.75, 3.05) is 33.4 Å². The average Bonchev–Trinajstić information content (AvgIpc) is 2.29. The van der Waals surface area contributed by atoms with E-state index in [1.165, 1.54) is 7.11 Å². The lowest BCUT2D eigenvalue weighted by atomic mass is 9.95. The van der Waals surface area contributed by atoms with Crippen molar-refractivity contribution in [3.8, 4) is 0 Å². The Hall–Kier alpha value is -0.370. The standard InChI is InChI=1S/C11H21F3N2O2/c1-18-7-9(15)10(6-17)16-4-2-3-8(5-16)11(12,13)14/h8-10,17H,2-7,15H2,1H3. The molecule has 1 rings (SSSR count). The molecule has 0 aromatic heterocycles. The van der Waals surface area contributed by atoms with Gasteiger partial charge in [-0.05, 0) is 19.4 Å². The molecule has 1 aliphatic heterocycles. The Labute approximate surface area is 105 Å². The number of nitrogens with zero attached hydrogens (tertiary/aromatic N) is 1. The topological polar surface area (TPSA) is 58.7 Å². The Bertz CT molecular complexity index is 251. The number of halogens is 3. The highest BCUT2D eigenvalue weighted by atomic mass is 19.4. The van der Waals surface area contributed by atoms with Crippen LogP contribution in [0.15, 0.2) is 0 Å². The summed E-state index contributed by atoms with van der Waals surface area (Å²) in [5, 5.41) is 9.31. The van der Waals surface area contributed by atoms with E-state index in [0.717, 1.165) is 0 Å². The van der Waals surface area contributed by atoms with E-state index >= 15 is 0 Å². The van der Waals surface area contributed by atoms with Crippen LogP contribution in [0.5, 0.6) is 0 Å². The fourth-order valence-corrected chi connectivity index (χ4v) is 2.40. The number of nitrogens with two attached hydrogens (primary N) is 1. The summed E-state index contributed by atoms with van der Waals surface area (Å²) in [6, 6.07) is -0.956. The van der Waals surface area contributed by atoms with Crippen molar-refractivity contribution in [1.82, 2.24) is 4.90 Å². The van der Waals surface area contributed by atoms with Gasteiger partial charge in [0.2, 0.25) is 0 Å². The predicted octanol–water partition coefficient (Wildman–Crippen LogP) is 0.595. The maximum atomic E-state index is 12.7. The third kappa shape index (κ3) is 4.08. The van der Waals surface area contributed by atoms with Gasteiger partial charge in [-0.3, -0.25) is 4.90 Å². The van der Waals surface area contributed by atoms with Crippen molar-refractivity contribution in [2.45, 2.75) is 31.1 Å². The molecule has 0 aliphatic carbocycles. The lowest BCUT2D eigenvalue weighted by Crippen LogP contribution is -2.56. The highest BCUT2D eigenvalue weighted by Gasteiger charge is 2.43. The minimum Gasteiger partial charge on any atom is -0.395 e. The first-order valence-corrected chi connectivity index (χ1v) is 6.06. The van der Waals surface area contributed by atoms with Crippen molar-refractivity contribution in [2.24, 2.45) is 11.7 Å². The summed E-state index contributed by atoms with van der Waals surface area (Å²) in [6.07, 6.45) is -3.55. The van der Waals surface area contributed by atoms with Gasteiger partial charge >= 0.3 is 6.18 Å². The minimum atomic E-state index is -4.18. The molecule has 4 nitrogen and oxygen atoms in total. The van der Waals surface area contributed by atoms with Gasteiger partial charge in [0.05, 0.1) is 25.2 Å². The molecule has 0 radical (unpaired) electrons. The van der Waals surface area contributed by atoms with E-state index in [9.17, 15) is 18.3 Å². The minimum absolute atomic E-state index is 0.0911. The monoisotopic (exact) mass is 270 g/mol. The molecule has 1 aliphatic rings. The van der Waals surface area contributed by atoms with Crippen molar-refractivity contribution >= 4 is 0 Å². The molecule has 0 spiro atoms. The van der Waals surface area contributed by atoms with Crippen molar-refractivity contribution < 1.29 is 23.0 Å². The quantitative estimate of drug-likeness (QED) is 0.768. The van der Waals surface area contributed by atoms with Crippen molar-refractivity contribution in [3.63, 3.8) is 0 Å². The first kappa shape index (κ1) is 15.7. The number of hydrogen-bond donors (Lipinski definition) is 2. The summed E-state index contributed by atoms with van der Waals surface area (Å²) in [6.45, 7) is 0.412. The van der Waals surface area contributed by atoms with Gasteiger partial charge in [0.1, 0.15) is 0 Å². The Morgan fingerprint density at radius 3 is 2.67 bits per heavy atom. The molecule has 108 valence electrons. The van der Waals surface area contributed by atoms with Gasteiger partial charge in [-0.25, -0.2) is 0 Å². The number of alkyl halides is 3. The zero-order chi connectivity index (χ0) is 13.8. The molecule has 3 atom stereocenters. The number of aliphatic hydroxyl groups excluding tert-OH is 1. The van der Waals surface area contributed by atoms with E-state index in [4.69, 9.17) is 10.5 Å². The van der Waals surface area contributed by atoms with Gasteiger partial charge in [-0.1, -0.05) is 0 Å². The highest BCUT2D eigenvalue weighted by molar-refractivity contribution is 4.87. The molecule has 0 amide bonds. The van der Waals surface area contributed by atoms with Gasteiger partial charge in [0, 0.05) is 19.7 Å². The normalized spacial score (nSPS) is 26.0. The summed E-state index contributed by atoms with van der Waals surface area (Å²) >= 11 is 0. The number of aliphatic hydroxyl groups is 1. The third-order valence-electron chi connectivity index (χ3n) is 3.43. The Kier molecular flexibility index (Phi) is 5.84. The summed E-state index contributed by atoms with van der Waals surface area (Å²) in [4.78, 5) is 1.63. The fraction of sp³-hybridized carbons (Fsp3) is 1.00. The molecule has 18 heavy (non-hydrogen) atoms. The second-order valence-corrected chi connectivity index (χ2v) is 4.74. The molecule has 1 saturated heterocycles. The van der Waals surface area contributed by atoms with Crippen LogP contribution in [0.2, 0.25) is 0 Å².